The van der Waals surface area contributed by atoms with Gasteiger partial charge in [0.1, 0.15) is 6.04 Å². The number of amides is 1. The second-order valence-electron chi connectivity index (χ2n) is 6.54. The molecule has 2 heterocycles. The molecule has 0 radical (unpaired) electrons. The maximum Gasteiger partial charge on any atom is 0.325 e. The minimum Gasteiger partial charge on any atom is -0.480 e. The number of hydrogen-bond acceptors (Lipinski definition) is 4. The molecule has 0 spiro atoms. The predicted molar refractivity (Wildman–Crippen MR) is 101 cm³/mol. The van der Waals surface area contributed by atoms with Crippen LogP contribution in [0.1, 0.15) is 25.5 Å². The number of nitrogens with zero attached hydrogens (tertiary/aromatic N) is 1. The number of carboxylic acids is 1. The Morgan fingerprint density at radius 3 is 2.64 bits per heavy atom. The van der Waals surface area contributed by atoms with E-state index in [1.165, 1.54) is 0 Å². The van der Waals surface area contributed by atoms with Crippen molar-refractivity contribution < 1.29 is 14.7 Å². The maximum absolute atomic E-state index is 12.0. The quantitative estimate of drug-likeness (QED) is 0.762. The van der Waals surface area contributed by atoms with Crippen molar-refractivity contribution in [2.24, 2.45) is 5.92 Å². The highest BCUT2D eigenvalue weighted by Crippen LogP contribution is 2.32. The number of aromatic nitrogens is 1. The van der Waals surface area contributed by atoms with Gasteiger partial charge in [-0.2, -0.15) is 11.8 Å². The molecule has 0 unspecified atom stereocenters. The minimum atomic E-state index is -0.843. The first-order valence-electron chi connectivity index (χ1n) is 8.44. The Bertz CT molecular complexity index is 781. The summed E-state index contributed by atoms with van der Waals surface area (Å²) in [6.07, 6.45) is 1.78. The van der Waals surface area contributed by atoms with Crippen molar-refractivity contribution in [3.63, 3.8) is 0 Å². The monoisotopic (exact) mass is 361 g/mol. The van der Waals surface area contributed by atoms with Gasteiger partial charge in [-0.15, -0.1) is 0 Å². The molecule has 6 nitrogen and oxygen atoms in total. The number of carbonyl (C=O) groups excluding carboxylic acids is 1. The van der Waals surface area contributed by atoms with Crippen LogP contribution >= 0.6 is 11.8 Å². The van der Waals surface area contributed by atoms with Crippen LogP contribution in [0.15, 0.2) is 24.4 Å². The number of H-pyrrole nitrogens is 1. The Kier molecular flexibility index (Phi) is 5.34. The third kappa shape index (κ3) is 3.82. The van der Waals surface area contributed by atoms with Crippen LogP contribution in [-0.2, 0) is 9.59 Å². The summed E-state index contributed by atoms with van der Waals surface area (Å²) in [5, 5.41) is 13.5. The topological polar surface area (TPSA) is 85.4 Å². The fourth-order valence-corrected chi connectivity index (χ4v) is 3.99. The predicted octanol–water partition coefficient (Wildman–Crippen LogP) is 2.94. The van der Waals surface area contributed by atoms with Crippen molar-refractivity contribution in [1.29, 1.82) is 0 Å². The number of rotatable bonds is 5. The van der Waals surface area contributed by atoms with Gasteiger partial charge >= 0.3 is 5.97 Å². The summed E-state index contributed by atoms with van der Waals surface area (Å²) < 4.78 is 0. The molecule has 0 saturated carbocycles. The highest BCUT2D eigenvalue weighted by atomic mass is 32.2. The molecule has 1 aromatic carbocycles. The van der Waals surface area contributed by atoms with Crippen molar-refractivity contribution in [3.05, 3.63) is 30.0 Å². The molecule has 1 amide bonds. The van der Waals surface area contributed by atoms with Crippen LogP contribution in [0.2, 0.25) is 0 Å². The third-order valence-corrected chi connectivity index (χ3v) is 5.39. The van der Waals surface area contributed by atoms with Gasteiger partial charge < -0.3 is 15.4 Å². The van der Waals surface area contributed by atoms with E-state index in [2.05, 4.69) is 10.3 Å². The summed E-state index contributed by atoms with van der Waals surface area (Å²) in [4.78, 5) is 29.1. The molecule has 1 aliphatic rings. The van der Waals surface area contributed by atoms with Gasteiger partial charge in [-0.05, 0) is 18.2 Å². The fraction of sp³-hybridized carbons (Fsp3) is 0.444. The number of fused-ring (bicyclic) bond motifs is 1. The maximum atomic E-state index is 12.0. The second-order valence-corrected chi connectivity index (χ2v) is 7.76. The van der Waals surface area contributed by atoms with E-state index >= 15 is 0 Å². The molecular formula is C18H23N3O3S. The highest BCUT2D eigenvalue weighted by Gasteiger charge is 2.30. The van der Waals surface area contributed by atoms with E-state index in [4.69, 9.17) is 0 Å². The number of aliphatic carboxylic acids is 1. The number of carboxylic acid groups (broad SMARTS) is 1. The van der Waals surface area contributed by atoms with Gasteiger partial charge in [-0.1, -0.05) is 13.8 Å². The van der Waals surface area contributed by atoms with Gasteiger partial charge in [-0.3, -0.25) is 14.5 Å². The summed E-state index contributed by atoms with van der Waals surface area (Å²) >= 11 is 1.85. The van der Waals surface area contributed by atoms with Crippen LogP contribution in [0.25, 0.3) is 10.9 Å². The molecule has 1 fully saturated rings. The molecule has 1 saturated heterocycles. The average Bonchev–Trinajstić information content (AvgIpc) is 2.99. The lowest BCUT2D eigenvalue weighted by Crippen LogP contribution is -2.39. The Morgan fingerprint density at radius 1 is 1.28 bits per heavy atom. The fourth-order valence-electron chi connectivity index (χ4n) is 3.05. The van der Waals surface area contributed by atoms with Crippen molar-refractivity contribution in [1.82, 2.24) is 9.88 Å². The molecule has 2 aromatic rings. The summed E-state index contributed by atoms with van der Waals surface area (Å²) in [7, 11) is 0. The minimum absolute atomic E-state index is 0.0562. The van der Waals surface area contributed by atoms with E-state index in [9.17, 15) is 14.7 Å². The molecule has 7 heteroatoms. The number of aromatic amines is 1. The normalized spacial score (nSPS) is 16.9. The number of nitrogens with one attached hydrogen (secondary N) is 2. The number of hydrogen-bond donors (Lipinski definition) is 3. The highest BCUT2D eigenvalue weighted by molar-refractivity contribution is 7.99. The Morgan fingerprint density at radius 2 is 2.00 bits per heavy atom. The molecule has 3 rings (SSSR count). The number of thioether (sulfide) groups is 1. The summed E-state index contributed by atoms with van der Waals surface area (Å²) in [5.41, 5.74) is 2.30. The lowest BCUT2D eigenvalue weighted by atomic mass is 10.0. The first kappa shape index (κ1) is 17.8. The number of carbonyl (C=O) groups is 2. The summed E-state index contributed by atoms with van der Waals surface area (Å²) in [5.74, 6) is 0.881. The van der Waals surface area contributed by atoms with Crippen molar-refractivity contribution in [2.45, 2.75) is 19.9 Å². The van der Waals surface area contributed by atoms with Crippen LogP contribution in [0, 0.1) is 5.92 Å². The lowest BCUT2D eigenvalue weighted by Gasteiger charge is -2.31. The molecule has 1 atom stereocenters. The van der Waals surface area contributed by atoms with Crippen LogP contribution in [-0.4, -0.2) is 51.5 Å². The van der Waals surface area contributed by atoms with Crippen LogP contribution in [0.4, 0.5) is 5.69 Å². The standard InChI is InChI=1S/C18H23N3O3S/c1-11(2)17(22)20-12-3-4-15-13(9-12)14(10-19-15)16(18(23)24)21-5-7-25-8-6-21/h3-4,9-11,16,19H,5-8H2,1-2H3,(H,20,22)(H,23,24)/t16-/m1/s1. The van der Waals surface area contributed by atoms with Gasteiger partial charge in [0.15, 0.2) is 0 Å². The number of anilines is 1. The van der Waals surface area contributed by atoms with Crippen molar-refractivity contribution >= 4 is 40.2 Å². The van der Waals surface area contributed by atoms with E-state index < -0.39 is 12.0 Å². The van der Waals surface area contributed by atoms with Crippen molar-refractivity contribution in [2.75, 3.05) is 29.9 Å². The van der Waals surface area contributed by atoms with E-state index in [1.807, 2.05) is 48.7 Å². The molecule has 1 aromatic heterocycles. The largest absolute Gasteiger partial charge is 0.480 e. The molecule has 0 aliphatic carbocycles. The smallest absolute Gasteiger partial charge is 0.325 e. The van der Waals surface area contributed by atoms with Crippen molar-refractivity contribution in [3.8, 4) is 0 Å². The first-order chi connectivity index (χ1) is 12.0. The summed E-state index contributed by atoms with van der Waals surface area (Å²) in [6.45, 7) is 5.20. The SMILES string of the molecule is CC(C)C(=O)Nc1ccc2[nH]cc([C@H](C(=O)O)N3CCSCC3)c2c1. The zero-order valence-electron chi connectivity index (χ0n) is 14.4. The molecule has 134 valence electrons. The van der Waals surface area contributed by atoms with E-state index in [0.717, 1.165) is 41.1 Å². The number of benzene rings is 1. The van der Waals surface area contributed by atoms with E-state index in [0.29, 0.717) is 5.69 Å². The molecule has 25 heavy (non-hydrogen) atoms. The van der Waals surface area contributed by atoms with Crippen LogP contribution < -0.4 is 5.32 Å². The second kappa shape index (κ2) is 7.49. The first-order valence-corrected chi connectivity index (χ1v) is 9.59. The summed E-state index contributed by atoms with van der Waals surface area (Å²) in [6, 6.07) is 4.89. The lowest BCUT2D eigenvalue weighted by molar-refractivity contribution is -0.143. The zero-order valence-corrected chi connectivity index (χ0v) is 15.2. The van der Waals surface area contributed by atoms with Crippen LogP contribution in [0.3, 0.4) is 0 Å². The van der Waals surface area contributed by atoms with Gasteiger partial charge in [0.25, 0.3) is 0 Å². The van der Waals surface area contributed by atoms with Crippen LogP contribution in [0.5, 0.6) is 0 Å². The molecule has 3 N–H and O–H groups in total. The third-order valence-electron chi connectivity index (χ3n) is 4.44. The van der Waals surface area contributed by atoms with Gasteiger partial charge in [0.05, 0.1) is 0 Å². The average molecular weight is 361 g/mol. The Labute approximate surface area is 151 Å². The molecule has 0 bridgehead atoms. The van der Waals surface area contributed by atoms with E-state index in [-0.39, 0.29) is 11.8 Å². The molecule has 1 aliphatic heterocycles. The Balaban J connectivity index is 1.96. The van der Waals surface area contributed by atoms with Gasteiger partial charge in [-0.25, -0.2) is 0 Å². The van der Waals surface area contributed by atoms with Gasteiger partial charge in [0.2, 0.25) is 5.91 Å². The Hall–Kier alpha value is -1.99. The molecular weight excluding hydrogens is 338 g/mol. The zero-order chi connectivity index (χ0) is 18.0. The van der Waals surface area contributed by atoms with Gasteiger partial charge in [0, 0.05) is 58.9 Å². The van der Waals surface area contributed by atoms with E-state index in [1.54, 1.807) is 6.20 Å².